The van der Waals surface area contributed by atoms with Crippen molar-refractivity contribution >= 4 is 11.6 Å². The fourth-order valence-electron chi connectivity index (χ4n) is 2.35. The van der Waals surface area contributed by atoms with Crippen molar-refractivity contribution in [1.82, 2.24) is 4.90 Å². The van der Waals surface area contributed by atoms with Crippen molar-refractivity contribution in [3.05, 3.63) is 29.3 Å². The van der Waals surface area contributed by atoms with E-state index in [-0.39, 0.29) is 12.0 Å². The summed E-state index contributed by atoms with van der Waals surface area (Å²) in [6.07, 6.45) is 0.481. The Balaban J connectivity index is 1.95. The number of hydrogen-bond acceptors (Lipinski definition) is 3. The normalized spacial score (nSPS) is 20.1. The van der Waals surface area contributed by atoms with Crippen LogP contribution in [0.3, 0.4) is 0 Å². The topological polar surface area (TPSA) is 52.6 Å². The summed E-state index contributed by atoms with van der Waals surface area (Å²) >= 11 is 0. The minimum absolute atomic E-state index is 0.0125. The maximum Gasteiger partial charge on any atom is 0.238 e. The van der Waals surface area contributed by atoms with Crippen LogP contribution in [-0.4, -0.2) is 41.7 Å². The SMILES string of the molecule is Cc1cccc(C)c1NC(=O)CN1CC[C@@H](O)C1. The number of para-hydroxylation sites is 1. The zero-order valence-corrected chi connectivity index (χ0v) is 10.9. The number of likely N-dealkylation sites (tertiary alicyclic amines) is 1. The van der Waals surface area contributed by atoms with Crippen LogP contribution in [0.15, 0.2) is 18.2 Å². The van der Waals surface area contributed by atoms with Crippen LogP contribution in [0.25, 0.3) is 0 Å². The number of nitrogens with one attached hydrogen (secondary N) is 1. The Labute approximate surface area is 108 Å². The molecule has 1 heterocycles. The minimum Gasteiger partial charge on any atom is -0.392 e. The number of rotatable bonds is 3. The maximum atomic E-state index is 11.9. The average molecular weight is 248 g/mol. The lowest BCUT2D eigenvalue weighted by Gasteiger charge is -2.16. The van der Waals surface area contributed by atoms with Crippen molar-refractivity contribution in [3.63, 3.8) is 0 Å². The number of anilines is 1. The van der Waals surface area contributed by atoms with E-state index in [2.05, 4.69) is 5.32 Å². The van der Waals surface area contributed by atoms with Gasteiger partial charge in [-0.1, -0.05) is 18.2 Å². The third-order valence-electron chi connectivity index (χ3n) is 3.36. The van der Waals surface area contributed by atoms with E-state index in [1.807, 2.05) is 36.9 Å². The van der Waals surface area contributed by atoms with E-state index < -0.39 is 0 Å². The summed E-state index contributed by atoms with van der Waals surface area (Å²) in [4.78, 5) is 13.9. The monoisotopic (exact) mass is 248 g/mol. The Bertz CT molecular complexity index is 425. The Kier molecular flexibility index (Phi) is 3.99. The number of aliphatic hydroxyl groups is 1. The molecule has 0 spiro atoms. The highest BCUT2D eigenvalue weighted by Crippen LogP contribution is 2.19. The highest BCUT2D eigenvalue weighted by atomic mass is 16.3. The molecule has 0 aliphatic carbocycles. The van der Waals surface area contributed by atoms with Crippen LogP contribution in [0.4, 0.5) is 5.69 Å². The number of carbonyl (C=O) groups is 1. The number of carbonyl (C=O) groups excluding carboxylic acids is 1. The molecule has 18 heavy (non-hydrogen) atoms. The van der Waals surface area contributed by atoms with E-state index in [9.17, 15) is 9.90 Å². The fraction of sp³-hybridized carbons (Fsp3) is 0.500. The second-order valence-electron chi connectivity index (χ2n) is 4.99. The van der Waals surface area contributed by atoms with Crippen molar-refractivity contribution in [2.75, 3.05) is 25.0 Å². The molecule has 1 amide bonds. The molecule has 98 valence electrons. The van der Waals surface area contributed by atoms with Gasteiger partial charge in [-0.2, -0.15) is 0 Å². The van der Waals surface area contributed by atoms with Gasteiger partial charge in [-0.3, -0.25) is 9.69 Å². The first kappa shape index (κ1) is 13.1. The van der Waals surface area contributed by atoms with Gasteiger partial charge in [-0.25, -0.2) is 0 Å². The summed E-state index contributed by atoms with van der Waals surface area (Å²) in [6.45, 7) is 5.72. The molecule has 0 radical (unpaired) electrons. The number of nitrogens with zero attached hydrogens (tertiary/aromatic N) is 1. The molecule has 1 aromatic rings. The van der Waals surface area contributed by atoms with E-state index >= 15 is 0 Å². The van der Waals surface area contributed by atoms with Gasteiger partial charge < -0.3 is 10.4 Å². The molecule has 0 saturated carbocycles. The number of amides is 1. The molecule has 4 heteroatoms. The molecule has 1 saturated heterocycles. The van der Waals surface area contributed by atoms with Crippen molar-refractivity contribution < 1.29 is 9.90 Å². The van der Waals surface area contributed by atoms with Crippen molar-refractivity contribution in [1.29, 1.82) is 0 Å². The molecule has 1 fully saturated rings. The summed E-state index contributed by atoms with van der Waals surface area (Å²) in [5.74, 6) is -0.0125. The fourth-order valence-corrected chi connectivity index (χ4v) is 2.35. The Morgan fingerprint density at radius 1 is 1.44 bits per heavy atom. The second kappa shape index (κ2) is 5.50. The molecule has 1 aromatic carbocycles. The van der Waals surface area contributed by atoms with Gasteiger partial charge in [-0.15, -0.1) is 0 Å². The first-order valence-corrected chi connectivity index (χ1v) is 6.33. The third kappa shape index (κ3) is 3.09. The zero-order valence-electron chi connectivity index (χ0n) is 10.9. The van der Waals surface area contributed by atoms with Gasteiger partial charge in [-0.05, 0) is 31.4 Å². The quantitative estimate of drug-likeness (QED) is 0.848. The second-order valence-corrected chi connectivity index (χ2v) is 4.99. The number of hydrogen-bond donors (Lipinski definition) is 2. The summed E-state index contributed by atoms with van der Waals surface area (Å²) in [5, 5.41) is 12.4. The predicted octanol–water partition coefficient (Wildman–Crippen LogP) is 1.31. The molecule has 1 atom stereocenters. The van der Waals surface area contributed by atoms with Crippen LogP contribution in [0.5, 0.6) is 0 Å². The van der Waals surface area contributed by atoms with Gasteiger partial charge in [0, 0.05) is 18.8 Å². The first-order chi connectivity index (χ1) is 8.56. The summed E-state index contributed by atoms with van der Waals surface area (Å²) in [5.41, 5.74) is 3.05. The van der Waals surface area contributed by atoms with Gasteiger partial charge in [0.05, 0.1) is 12.6 Å². The number of benzene rings is 1. The molecule has 0 bridgehead atoms. The Morgan fingerprint density at radius 3 is 2.67 bits per heavy atom. The first-order valence-electron chi connectivity index (χ1n) is 6.33. The van der Waals surface area contributed by atoms with Gasteiger partial charge >= 0.3 is 0 Å². The summed E-state index contributed by atoms with van der Waals surface area (Å²) < 4.78 is 0. The van der Waals surface area contributed by atoms with E-state index in [0.717, 1.165) is 29.8 Å². The molecular formula is C14H20N2O2. The summed E-state index contributed by atoms with van der Waals surface area (Å²) in [6, 6.07) is 5.96. The predicted molar refractivity (Wildman–Crippen MR) is 71.6 cm³/mol. The zero-order chi connectivity index (χ0) is 13.1. The van der Waals surface area contributed by atoms with Crippen LogP contribution in [-0.2, 0) is 4.79 Å². The van der Waals surface area contributed by atoms with E-state index in [4.69, 9.17) is 0 Å². The third-order valence-corrected chi connectivity index (χ3v) is 3.36. The Hall–Kier alpha value is -1.39. The molecule has 0 aromatic heterocycles. The number of aryl methyl sites for hydroxylation is 2. The van der Waals surface area contributed by atoms with E-state index in [0.29, 0.717) is 13.1 Å². The van der Waals surface area contributed by atoms with Crippen LogP contribution in [0.1, 0.15) is 17.5 Å². The van der Waals surface area contributed by atoms with Crippen LogP contribution >= 0.6 is 0 Å². The molecule has 0 unspecified atom stereocenters. The molecular weight excluding hydrogens is 228 g/mol. The van der Waals surface area contributed by atoms with Gasteiger partial charge in [0.1, 0.15) is 0 Å². The molecule has 1 aliphatic rings. The molecule has 2 rings (SSSR count). The summed E-state index contributed by atoms with van der Waals surface area (Å²) in [7, 11) is 0. The smallest absolute Gasteiger partial charge is 0.238 e. The van der Waals surface area contributed by atoms with Crippen molar-refractivity contribution in [2.24, 2.45) is 0 Å². The number of aliphatic hydroxyl groups excluding tert-OH is 1. The lowest BCUT2D eigenvalue weighted by molar-refractivity contribution is -0.117. The number of β-amino-alcohol motifs (C(OH)–C–C–N with tert-alkyl or cyclic N) is 1. The van der Waals surface area contributed by atoms with Crippen LogP contribution < -0.4 is 5.32 Å². The van der Waals surface area contributed by atoms with Crippen LogP contribution in [0, 0.1) is 13.8 Å². The van der Waals surface area contributed by atoms with E-state index in [1.54, 1.807) is 0 Å². The van der Waals surface area contributed by atoms with Gasteiger partial charge in [0.15, 0.2) is 0 Å². The largest absolute Gasteiger partial charge is 0.392 e. The minimum atomic E-state index is -0.280. The highest BCUT2D eigenvalue weighted by Gasteiger charge is 2.22. The van der Waals surface area contributed by atoms with Crippen molar-refractivity contribution in [3.8, 4) is 0 Å². The van der Waals surface area contributed by atoms with Crippen molar-refractivity contribution in [2.45, 2.75) is 26.4 Å². The molecule has 4 nitrogen and oxygen atoms in total. The standard InChI is InChI=1S/C14H20N2O2/c1-10-4-3-5-11(2)14(10)15-13(18)9-16-7-6-12(17)8-16/h3-5,12,17H,6-9H2,1-2H3,(H,15,18)/t12-/m1/s1. The van der Waals surface area contributed by atoms with Gasteiger partial charge in [0.25, 0.3) is 0 Å². The molecule has 1 aliphatic heterocycles. The van der Waals surface area contributed by atoms with E-state index in [1.165, 1.54) is 0 Å². The lowest BCUT2D eigenvalue weighted by atomic mass is 10.1. The lowest BCUT2D eigenvalue weighted by Crippen LogP contribution is -2.32. The molecule has 2 N–H and O–H groups in total. The average Bonchev–Trinajstić information content (AvgIpc) is 2.69. The van der Waals surface area contributed by atoms with Crippen LogP contribution in [0.2, 0.25) is 0 Å². The Morgan fingerprint density at radius 2 is 2.11 bits per heavy atom. The highest BCUT2D eigenvalue weighted by molar-refractivity contribution is 5.93. The maximum absolute atomic E-state index is 11.9. The van der Waals surface area contributed by atoms with Gasteiger partial charge in [0.2, 0.25) is 5.91 Å².